The lowest BCUT2D eigenvalue weighted by molar-refractivity contribution is -0.143. The van der Waals surface area contributed by atoms with Gasteiger partial charge in [-0.25, -0.2) is 13.4 Å². The molecule has 1 atom stereocenters. The van der Waals surface area contributed by atoms with Gasteiger partial charge in [0, 0.05) is 13.0 Å². The van der Waals surface area contributed by atoms with Crippen molar-refractivity contribution >= 4 is 26.8 Å². The summed E-state index contributed by atoms with van der Waals surface area (Å²) in [5, 5.41) is 10.7. The van der Waals surface area contributed by atoms with Gasteiger partial charge in [-0.15, -0.1) is 0 Å². The Kier molecular flexibility index (Phi) is 6.16. The van der Waals surface area contributed by atoms with E-state index < -0.39 is 22.0 Å². The van der Waals surface area contributed by atoms with Gasteiger partial charge >= 0.3 is 0 Å². The molecule has 1 unspecified atom stereocenters. The average Bonchev–Trinajstić information content (AvgIpc) is 3.33. The second kappa shape index (κ2) is 8.39. The number of benzene rings is 1. The number of amides is 1. The topological polar surface area (TPSA) is 101 Å². The number of unbranched alkanes of at least 4 members (excludes halogenated alkanes) is 1. The number of aliphatic hydroxyl groups excluding tert-OH is 1. The Morgan fingerprint density at radius 3 is 2.78 bits per heavy atom. The summed E-state index contributed by atoms with van der Waals surface area (Å²) in [5.74, 6) is -0.139. The number of carbonyl (C=O) groups is 1. The summed E-state index contributed by atoms with van der Waals surface area (Å²) in [6.07, 6.45) is 1.96. The minimum Gasteiger partial charge on any atom is -0.436 e. The first-order chi connectivity index (χ1) is 12.9. The van der Waals surface area contributed by atoms with Crippen LogP contribution in [0.4, 0.5) is 0 Å². The lowest BCUT2D eigenvalue weighted by atomic mass is 10.2. The van der Waals surface area contributed by atoms with Crippen LogP contribution in [0.1, 0.15) is 51.1 Å². The molecule has 1 aliphatic rings. The molecule has 7 nitrogen and oxygen atoms in total. The lowest BCUT2D eigenvalue weighted by Gasteiger charge is -2.26. The van der Waals surface area contributed by atoms with Crippen molar-refractivity contribution in [2.45, 2.75) is 45.3 Å². The molecule has 1 heterocycles. The van der Waals surface area contributed by atoms with E-state index in [2.05, 4.69) is 4.98 Å². The number of para-hydroxylation sites is 2. The maximum atomic E-state index is 12.7. The van der Waals surface area contributed by atoms with Crippen LogP contribution >= 0.6 is 0 Å². The van der Waals surface area contributed by atoms with E-state index in [1.54, 1.807) is 18.2 Å². The molecular weight excluding hydrogens is 368 g/mol. The molecular formula is C19H26N2O5S. The molecule has 0 radical (unpaired) electrons. The highest BCUT2D eigenvalue weighted by atomic mass is 32.2. The van der Waals surface area contributed by atoms with Crippen molar-refractivity contribution in [1.29, 1.82) is 0 Å². The van der Waals surface area contributed by atoms with Crippen LogP contribution < -0.4 is 0 Å². The zero-order valence-corrected chi connectivity index (χ0v) is 16.3. The van der Waals surface area contributed by atoms with Crippen LogP contribution in [0.5, 0.6) is 0 Å². The largest absolute Gasteiger partial charge is 0.436 e. The third-order valence-corrected chi connectivity index (χ3v) is 6.52. The van der Waals surface area contributed by atoms with Gasteiger partial charge in [-0.2, -0.15) is 0 Å². The highest BCUT2D eigenvalue weighted by Gasteiger charge is 2.31. The summed E-state index contributed by atoms with van der Waals surface area (Å²) in [7, 11) is -3.25. The summed E-state index contributed by atoms with van der Waals surface area (Å²) in [6, 6.07) is 7.11. The highest BCUT2D eigenvalue weighted by Crippen LogP contribution is 2.30. The number of fused-ring (bicyclic) bond motifs is 1. The van der Waals surface area contributed by atoms with Crippen molar-refractivity contribution in [3.05, 3.63) is 30.2 Å². The minimum atomic E-state index is -3.25. The van der Waals surface area contributed by atoms with E-state index in [9.17, 15) is 18.3 Å². The zero-order valence-electron chi connectivity index (χ0n) is 15.5. The monoisotopic (exact) mass is 394 g/mol. The third kappa shape index (κ3) is 5.29. The van der Waals surface area contributed by atoms with Crippen molar-refractivity contribution in [2.75, 3.05) is 18.1 Å². The molecule has 8 heteroatoms. The first-order valence-corrected chi connectivity index (χ1v) is 11.2. The quantitative estimate of drug-likeness (QED) is 0.622. The van der Waals surface area contributed by atoms with Crippen molar-refractivity contribution < 1.29 is 22.7 Å². The molecule has 1 saturated carbocycles. The molecule has 2 aromatic rings. The fourth-order valence-electron chi connectivity index (χ4n) is 2.96. The first-order valence-electron chi connectivity index (χ1n) is 9.43. The van der Waals surface area contributed by atoms with Crippen molar-refractivity contribution in [3.8, 4) is 0 Å². The molecule has 148 valence electrons. The van der Waals surface area contributed by atoms with Crippen LogP contribution in [0.2, 0.25) is 0 Å². The predicted octanol–water partition coefficient (Wildman–Crippen LogP) is 2.66. The van der Waals surface area contributed by atoms with Gasteiger partial charge < -0.3 is 14.4 Å². The smallest absolute Gasteiger partial charge is 0.246 e. The van der Waals surface area contributed by atoms with Crippen molar-refractivity contribution in [3.63, 3.8) is 0 Å². The summed E-state index contributed by atoms with van der Waals surface area (Å²) in [4.78, 5) is 18.2. The Balaban J connectivity index is 1.70. The molecule has 1 amide bonds. The van der Waals surface area contributed by atoms with Gasteiger partial charge in [0.15, 0.2) is 15.4 Å². The number of rotatable bonds is 10. The third-order valence-electron chi connectivity index (χ3n) is 4.71. The zero-order chi connectivity index (χ0) is 19.4. The first kappa shape index (κ1) is 19.8. The number of hydrogen-bond donors (Lipinski definition) is 1. The van der Waals surface area contributed by atoms with Gasteiger partial charge in [-0.1, -0.05) is 25.5 Å². The summed E-state index contributed by atoms with van der Waals surface area (Å²) in [6.45, 7) is 2.30. The van der Waals surface area contributed by atoms with E-state index >= 15 is 0 Å². The van der Waals surface area contributed by atoms with Gasteiger partial charge in [0.05, 0.1) is 11.5 Å². The van der Waals surface area contributed by atoms with Gasteiger partial charge in [0.2, 0.25) is 18.0 Å². The second-order valence-corrected chi connectivity index (χ2v) is 9.37. The van der Waals surface area contributed by atoms with E-state index in [4.69, 9.17) is 4.42 Å². The van der Waals surface area contributed by atoms with E-state index in [0.717, 1.165) is 19.3 Å². The van der Waals surface area contributed by atoms with E-state index in [1.807, 2.05) is 13.0 Å². The van der Waals surface area contributed by atoms with Gasteiger partial charge in [0.1, 0.15) is 5.52 Å². The summed E-state index contributed by atoms with van der Waals surface area (Å²) < 4.78 is 29.8. The molecule has 1 aromatic heterocycles. The Labute approximate surface area is 159 Å². The van der Waals surface area contributed by atoms with E-state index in [1.165, 1.54) is 4.90 Å². The Morgan fingerprint density at radius 2 is 2.11 bits per heavy atom. The maximum absolute atomic E-state index is 12.7. The molecule has 0 aliphatic heterocycles. The van der Waals surface area contributed by atoms with Gasteiger partial charge in [0.25, 0.3) is 0 Å². The van der Waals surface area contributed by atoms with Gasteiger partial charge in [-0.05, 0) is 37.3 Å². The Bertz CT molecular complexity index is 855. The molecule has 1 N–H and O–H groups in total. The van der Waals surface area contributed by atoms with Crippen LogP contribution in [0.25, 0.3) is 11.1 Å². The van der Waals surface area contributed by atoms with Crippen molar-refractivity contribution in [1.82, 2.24) is 9.88 Å². The molecule has 1 aliphatic carbocycles. The van der Waals surface area contributed by atoms with Crippen molar-refractivity contribution in [2.24, 2.45) is 5.92 Å². The second-order valence-electron chi connectivity index (χ2n) is 7.14. The molecule has 1 fully saturated rings. The number of hydrogen-bond acceptors (Lipinski definition) is 6. The van der Waals surface area contributed by atoms with Crippen LogP contribution in [0, 0.1) is 5.92 Å². The number of sulfone groups is 1. The van der Waals surface area contributed by atoms with Crippen LogP contribution in [0.15, 0.2) is 28.7 Å². The summed E-state index contributed by atoms with van der Waals surface area (Å²) in [5.41, 5.74) is 1.13. The van der Waals surface area contributed by atoms with Crippen LogP contribution in [0.3, 0.4) is 0 Å². The van der Waals surface area contributed by atoms with Crippen LogP contribution in [-0.2, 0) is 14.6 Å². The number of aliphatic hydroxyl groups is 1. The maximum Gasteiger partial charge on any atom is 0.246 e. The van der Waals surface area contributed by atoms with E-state index in [-0.39, 0.29) is 29.7 Å². The fraction of sp³-hybridized carbons (Fsp3) is 0.579. The lowest BCUT2D eigenvalue weighted by Crippen LogP contribution is -2.37. The molecule has 3 rings (SSSR count). The number of aromatic nitrogens is 1. The highest BCUT2D eigenvalue weighted by molar-refractivity contribution is 7.91. The molecule has 0 bridgehead atoms. The SMILES string of the molecule is CCCCN(C(=O)CCS(=O)(=O)CC1CC1)C(O)c1nc2ccccc2o1. The van der Waals surface area contributed by atoms with E-state index in [0.29, 0.717) is 24.1 Å². The number of carbonyl (C=O) groups excluding carboxylic acids is 1. The number of nitrogens with zero attached hydrogens (tertiary/aromatic N) is 2. The minimum absolute atomic E-state index is 0.0430. The number of oxazole rings is 1. The Morgan fingerprint density at radius 1 is 1.37 bits per heavy atom. The average molecular weight is 394 g/mol. The molecule has 27 heavy (non-hydrogen) atoms. The summed E-state index contributed by atoms with van der Waals surface area (Å²) >= 11 is 0. The molecule has 1 aromatic carbocycles. The molecule has 0 spiro atoms. The standard InChI is InChI=1S/C19H26N2O5S/c1-2-3-11-21(17(22)10-12-27(24,25)13-14-8-9-14)19(23)18-20-15-6-4-5-7-16(15)26-18/h4-7,14,19,23H,2-3,8-13H2,1H3. The normalized spacial score (nSPS) is 15.8. The van der Waals surface area contributed by atoms with Crippen LogP contribution in [-0.4, -0.2) is 47.4 Å². The molecule has 0 saturated heterocycles. The van der Waals surface area contributed by atoms with Gasteiger partial charge in [-0.3, -0.25) is 4.79 Å². The predicted molar refractivity (Wildman–Crippen MR) is 102 cm³/mol. The Hall–Kier alpha value is -1.93. The fourth-order valence-corrected chi connectivity index (χ4v) is 4.66.